The van der Waals surface area contributed by atoms with E-state index in [1.54, 1.807) is 0 Å². The first kappa shape index (κ1) is 19.4. The van der Waals surface area contributed by atoms with Gasteiger partial charge in [-0.25, -0.2) is 4.99 Å². The normalized spacial score (nSPS) is 16.5. The molecule has 3 rings (SSSR count). The fourth-order valence-electron chi connectivity index (χ4n) is 2.74. The highest BCUT2D eigenvalue weighted by atomic mass is 32.2. The number of aromatic hydroxyl groups is 1. The molecule has 0 aromatic heterocycles. The molecule has 0 radical (unpaired) electrons. The van der Waals surface area contributed by atoms with Crippen LogP contribution in [-0.2, 0) is 4.79 Å². The van der Waals surface area contributed by atoms with Gasteiger partial charge < -0.3 is 15.2 Å². The second-order valence-corrected chi connectivity index (χ2v) is 7.20. The number of nitro benzene ring substituents is 1. The van der Waals surface area contributed by atoms with Gasteiger partial charge in [-0.15, -0.1) is 0 Å². The Balaban J connectivity index is 1.96. The minimum atomic E-state index is -0.598. The van der Waals surface area contributed by atoms with Crippen LogP contribution in [0.2, 0.25) is 0 Å². The van der Waals surface area contributed by atoms with Crippen molar-refractivity contribution in [2.45, 2.75) is 13.8 Å². The molecule has 1 aliphatic rings. The summed E-state index contributed by atoms with van der Waals surface area (Å²) in [5.74, 6) is -0.736. The van der Waals surface area contributed by atoms with Crippen molar-refractivity contribution in [2.24, 2.45) is 4.99 Å². The van der Waals surface area contributed by atoms with Crippen molar-refractivity contribution in [1.82, 2.24) is 5.32 Å². The number of nitrogens with one attached hydrogen (secondary N) is 1. The number of amidine groups is 1. The first-order valence-corrected chi connectivity index (χ1v) is 9.01. The summed E-state index contributed by atoms with van der Waals surface area (Å²) in [5, 5.41) is 24.4. The summed E-state index contributed by atoms with van der Waals surface area (Å²) in [5.41, 5.74) is 2.67. The van der Waals surface area contributed by atoms with Crippen LogP contribution in [0.4, 0.5) is 11.4 Å². The highest BCUT2D eigenvalue weighted by Crippen LogP contribution is 2.38. The number of carbonyl (C=O) groups excluding carboxylic acids is 1. The number of nitro groups is 1. The third kappa shape index (κ3) is 4.15. The third-order valence-electron chi connectivity index (χ3n) is 3.89. The first-order chi connectivity index (χ1) is 13.3. The van der Waals surface area contributed by atoms with E-state index >= 15 is 0 Å². The number of benzene rings is 2. The second-order valence-electron chi connectivity index (χ2n) is 6.17. The maximum Gasteiger partial charge on any atom is 0.274 e. The number of rotatable bonds is 4. The molecule has 144 valence electrons. The maximum atomic E-state index is 12.3. The Hall–Kier alpha value is -3.33. The standard InChI is InChI=1S/C19H17N3O5S/c1-10-4-11(2)6-13(5-10)20-19-21-18(24)16(28-19)8-12-7-14(22(25)26)9-15(27-3)17(12)23/h4-9,23H,1-3H3,(H,20,21,24). The zero-order chi connectivity index (χ0) is 20.4. The Kier molecular flexibility index (Phi) is 5.36. The number of phenolic OH excluding ortho intramolecular Hbond substituents is 1. The van der Waals surface area contributed by atoms with Crippen LogP contribution in [0, 0.1) is 24.0 Å². The van der Waals surface area contributed by atoms with E-state index in [9.17, 15) is 20.0 Å². The molecule has 0 bridgehead atoms. The van der Waals surface area contributed by atoms with Crippen LogP contribution in [0.3, 0.4) is 0 Å². The van der Waals surface area contributed by atoms with Gasteiger partial charge in [0.1, 0.15) is 0 Å². The predicted molar refractivity (Wildman–Crippen MR) is 108 cm³/mol. The molecule has 9 heteroatoms. The highest BCUT2D eigenvalue weighted by molar-refractivity contribution is 8.18. The Morgan fingerprint density at radius 3 is 2.50 bits per heavy atom. The molecule has 0 unspecified atom stereocenters. The minimum absolute atomic E-state index is 0.0476. The lowest BCUT2D eigenvalue weighted by atomic mass is 10.1. The number of phenols is 1. The van der Waals surface area contributed by atoms with Gasteiger partial charge in [-0.3, -0.25) is 14.9 Å². The molecular weight excluding hydrogens is 382 g/mol. The Morgan fingerprint density at radius 2 is 1.89 bits per heavy atom. The number of amides is 1. The number of non-ortho nitro benzene ring substituents is 1. The first-order valence-electron chi connectivity index (χ1n) is 8.20. The van der Waals surface area contributed by atoms with Gasteiger partial charge in [-0.05, 0) is 54.9 Å². The zero-order valence-corrected chi connectivity index (χ0v) is 16.2. The number of hydrogen-bond donors (Lipinski definition) is 2. The van der Waals surface area contributed by atoms with Gasteiger partial charge in [0.15, 0.2) is 16.7 Å². The molecule has 0 saturated carbocycles. The van der Waals surface area contributed by atoms with Crippen LogP contribution >= 0.6 is 11.8 Å². The molecule has 0 spiro atoms. The van der Waals surface area contributed by atoms with E-state index in [1.807, 2.05) is 32.0 Å². The molecule has 28 heavy (non-hydrogen) atoms. The van der Waals surface area contributed by atoms with Crippen LogP contribution in [0.5, 0.6) is 11.5 Å². The van der Waals surface area contributed by atoms with Crippen molar-refractivity contribution in [2.75, 3.05) is 7.11 Å². The quantitative estimate of drug-likeness (QED) is 0.459. The van der Waals surface area contributed by atoms with Gasteiger partial charge in [-0.2, -0.15) is 0 Å². The molecule has 2 aromatic carbocycles. The summed E-state index contributed by atoms with van der Waals surface area (Å²) in [4.78, 5) is 27.4. The molecule has 1 heterocycles. The lowest BCUT2D eigenvalue weighted by Gasteiger charge is -2.06. The molecule has 1 saturated heterocycles. The summed E-state index contributed by atoms with van der Waals surface area (Å²) in [6.45, 7) is 3.92. The average Bonchev–Trinajstić information content (AvgIpc) is 2.94. The summed E-state index contributed by atoms with van der Waals surface area (Å²) in [6.07, 6.45) is 1.37. The SMILES string of the molecule is COc1cc([N+](=O)[O-])cc(C=C2SC(=Nc3cc(C)cc(C)c3)NC2=O)c1O. The number of ether oxygens (including phenoxy) is 1. The second kappa shape index (κ2) is 7.73. The fraction of sp³-hybridized carbons (Fsp3) is 0.158. The largest absolute Gasteiger partial charge is 0.504 e. The van der Waals surface area contributed by atoms with E-state index in [4.69, 9.17) is 4.74 Å². The lowest BCUT2D eigenvalue weighted by molar-refractivity contribution is -0.385. The molecule has 2 N–H and O–H groups in total. The van der Waals surface area contributed by atoms with E-state index in [0.29, 0.717) is 10.9 Å². The minimum Gasteiger partial charge on any atom is -0.504 e. The maximum absolute atomic E-state index is 12.3. The van der Waals surface area contributed by atoms with E-state index < -0.39 is 10.8 Å². The monoisotopic (exact) mass is 399 g/mol. The van der Waals surface area contributed by atoms with E-state index in [0.717, 1.165) is 29.0 Å². The van der Waals surface area contributed by atoms with Crippen LogP contribution in [-0.4, -0.2) is 28.2 Å². The highest BCUT2D eigenvalue weighted by Gasteiger charge is 2.25. The number of aryl methyl sites for hydroxylation is 2. The summed E-state index contributed by atoms with van der Waals surface area (Å²) >= 11 is 1.09. The van der Waals surface area contributed by atoms with E-state index in [1.165, 1.54) is 19.3 Å². The summed E-state index contributed by atoms with van der Waals surface area (Å²) in [7, 11) is 1.29. The summed E-state index contributed by atoms with van der Waals surface area (Å²) in [6, 6.07) is 8.11. The number of hydrogen-bond acceptors (Lipinski definition) is 7. The number of thioether (sulfide) groups is 1. The predicted octanol–water partition coefficient (Wildman–Crippen LogP) is 3.82. The molecule has 1 amide bonds. The van der Waals surface area contributed by atoms with Crippen LogP contribution < -0.4 is 10.1 Å². The molecular formula is C19H17N3O5S. The van der Waals surface area contributed by atoms with Gasteiger partial charge in [0.05, 0.1) is 28.7 Å². The van der Waals surface area contributed by atoms with Gasteiger partial charge in [-0.1, -0.05) is 6.07 Å². The van der Waals surface area contributed by atoms with Gasteiger partial charge in [0, 0.05) is 11.6 Å². The molecule has 2 aromatic rings. The average molecular weight is 399 g/mol. The van der Waals surface area contributed by atoms with Crippen LogP contribution in [0.1, 0.15) is 16.7 Å². The van der Waals surface area contributed by atoms with Crippen molar-refractivity contribution >= 4 is 40.3 Å². The van der Waals surface area contributed by atoms with Crippen molar-refractivity contribution in [1.29, 1.82) is 0 Å². The van der Waals surface area contributed by atoms with Crippen molar-refractivity contribution in [3.8, 4) is 11.5 Å². The lowest BCUT2D eigenvalue weighted by Crippen LogP contribution is -2.19. The Bertz CT molecular complexity index is 1030. The molecule has 8 nitrogen and oxygen atoms in total. The third-order valence-corrected chi connectivity index (χ3v) is 4.80. The topological polar surface area (TPSA) is 114 Å². The van der Waals surface area contributed by atoms with Gasteiger partial charge in [0.25, 0.3) is 11.6 Å². The van der Waals surface area contributed by atoms with E-state index in [2.05, 4.69) is 10.3 Å². The molecule has 1 fully saturated rings. The number of carbonyl (C=O) groups is 1. The number of nitrogens with zero attached hydrogens (tertiary/aromatic N) is 2. The smallest absolute Gasteiger partial charge is 0.274 e. The number of aliphatic imine (C=N–C) groups is 1. The number of methoxy groups -OCH3 is 1. The van der Waals surface area contributed by atoms with Crippen LogP contribution in [0.25, 0.3) is 6.08 Å². The fourth-order valence-corrected chi connectivity index (χ4v) is 3.57. The molecule has 0 atom stereocenters. The van der Waals surface area contributed by atoms with E-state index in [-0.39, 0.29) is 27.7 Å². The van der Waals surface area contributed by atoms with Gasteiger partial charge >= 0.3 is 0 Å². The van der Waals surface area contributed by atoms with Gasteiger partial charge in [0.2, 0.25) is 0 Å². The Morgan fingerprint density at radius 1 is 1.21 bits per heavy atom. The van der Waals surface area contributed by atoms with Crippen molar-refractivity contribution in [3.63, 3.8) is 0 Å². The molecule has 1 aliphatic heterocycles. The van der Waals surface area contributed by atoms with Crippen LogP contribution in [0.15, 0.2) is 40.2 Å². The zero-order valence-electron chi connectivity index (χ0n) is 15.3. The molecule has 0 aliphatic carbocycles. The summed E-state index contributed by atoms with van der Waals surface area (Å²) < 4.78 is 4.98. The van der Waals surface area contributed by atoms with Crippen molar-refractivity contribution < 1.29 is 19.6 Å². The van der Waals surface area contributed by atoms with Crippen molar-refractivity contribution in [3.05, 3.63) is 62.0 Å². The Labute approximate surface area is 165 Å².